The molecule has 1 nitrogen and oxygen atoms in total. The van der Waals surface area contributed by atoms with Crippen molar-refractivity contribution in [2.75, 3.05) is 7.05 Å². The predicted molar refractivity (Wildman–Crippen MR) is 88.1 cm³/mol. The van der Waals surface area contributed by atoms with Gasteiger partial charge in [0.1, 0.15) is 0 Å². The number of aryl methyl sites for hydroxylation is 2. The van der Waals surface area contributed by atoms with Gasteiger partial charge in [-0.2, -0.15) is 0 Å². The minimum atomic E-state index is 0.702. The summed E-state index contributed by atoms with van der Waals surface area (Å²) in [6.07, 6.45) is 9.62. The van der Waals surface area contributed by atoms with E-state index in [1.54, 1.807) is 0 Å². The molecule has 1 aromatic carbocycles. The zero-order chi connectivity index (χ0) is 14.4. The van der Waals surface area contributed by atoms with Gasteiger partial charge in [-0.05, 0) is 57.1 Å². The average molecular weight is 273 g/mol. The average Bonchev–Trinajstić information content (AvgIpc) is 2.48. The van der Waals surface area contributed by atoms with Crippen LogP contribution in [0, 0.1) is 18.8 Å². The van der Waals surface area contributed by atoms with Gasteiger partial charge in [0.05, 0.1) is 0 Å². The molecule has 1 aromatic rings. The molecule has 0 saturated heterocycles. The van der Waals surface area contributed by atoms with Crippen LogP contribution in [0.3, 0.4) is 0 Å². The topological polar surface area (TPSA) is 12.0 Å². The van der Waals surface area contributed by atoms with Gasteiger partial charge < -0.3 is 5.32 Å². The molecule has 0 spiro atoms. The van der Waals surface area contributed by atoms with Crippen molar-refractivity contribution in [1.29, 1.82) is 0 Å². The highest BCUT2D eigenvalue weighted by molar-refractivity contribution is 5.22. The van der Waals surface area contributed by atoms with E-state index in [4.69, 9.17) is 0 Å². The maximum absolute atomic E-state index is 3.59. The van der Waals surface area contributed by atoms with Gasteiger partial charge in [0.15, 0.2) is 0 Å². The first-order valence-corrected chi connectivity index (χ1v) is 8.45. The van der Waals surface area contributed by atoms with Gasteiger partial charge in [-0.25, -0.2) is 0 Å². The molecule has 1 atom stereocenters. The van der Waals surface area contributed by atoms with Crippen LogP contribution in [-0.2, 0) is 6.42 Å². The first-order valence-electron chi connectivity index (χ1n) is 8.45. The molecule has 0 aliphatic heterocycles. The van der Waals surface area contributed by atoms with Gasteiger partial charge in [0.2, 0.25) is 0 Å². The Morgan fingerprint density at radius 2 is 1.95 bits per heavy atom. The Kier molecular flexibility index (Phi) is 6.09. The van der Waals surface area contributed by atoms with Crippen LogP contribution in [0.15, 0.2) is 24.3 Å². The Balaban J connectivity index is 1.83. The highest BCUT2D eigenvalue weighted by atomic mass is 14.9. The molecular formula is C19H31N. The van der Waals surface area contributed by atoms with Crippen molar-refractivity contribution in [3.05, 3.63) is 35.4 Å². The van der Waals surface area contributed by atoms with E-state index in [1.165, 1.54) is 56.1 Å². The molecule has 20 heavy (non-hydrogen) atoms. The molecule has 1 fully saturated rings. The number of hydrogen-bond donors (Lipinski definition) is 1. The van der Waals surface area contributed by atoms with Crippen LogP contribution in [0.5, 0.6) is 0 Å². The number of hydrogen-bond acceptors (Lipinski definition) is 1. The molecule has 0 radical (unpaired) electrons. The molecule has 112 valence electrons. The van der Waals surface area contributed by atoms with E-state index >= 15 is 0 Å². The molecule has 2 rings (SSSR count). The Bertz CT molecular complexity index is 391. The summed E-state index contributed by atoms with van der Waals surface area (Å²) in [6.45, 7) is 4.53. The smallest absolute Gasteiger partial charge is 0.00954 e. The molecule has 0 heterocycles. The van der Waals surface area contributed by atoms with Crippen LogP contribution in [0.2, 0.25) is 0 Å². The Hall–Kier alpha value is -0.820. The zero-order valence-electron chi connectivity index (χ0n) is 13.5. The summed E-state index contributed by atoms with van der Waals surface area (Å²) in [4.78, 5) is 0. The predicted octanol–water partition coefficient (Wildman–Crippen LogP) is 4.73. The van der Waals surface area contributed by atoms with Gasteiger partial charge in [-0.1, -0.05) is 56.0 Å². The maximum atomic E-state index is 3.59. The van der Waals surface area contributed by atoms with Crippen LogP contribution in [0.4, 0.5) is 0 Å². The largest absolute Gasteiger partial charge is 0.317 e. The molecule has 1 heteroatoms. The number of nitrogens with one attached hydrogen (secondary N) is 1. The van der Waals surface area contributed by atoms with Crippen molar-refractivity contribution in [1.82, 2.24) is 5.32 Å². The van der Waals surface area contributed by atoms with Crippen LogP contribution in [0.25, 0.3) is 0 Å². The van der Waals surface area contributed by atoms with Crippen LogP contribution in [0.1, 0.15) is 56.6 Å². The summed E-state index contributed by atoms with van der Waals surface area (Å²) >= 11 is 0. The van der Waals surface area contributed by atoms with Gasteiger partial charge >= 0.3 is 0 Å². The fourth-order valence-corrected chi connectivity index (χ4v) is 3.80. The summed E-state index contributed by atoms with van der Waals surface area (Å²) in [5.74, 6) is 1.90. The van der Waals surface area contributed by atoms with Crippen molar-refractivity contribution >= 4 is 0 Å². The Morgan fingerprint density at radius 3 is 2.55 bits per heavy atom. The van der Waals surface area contributed by atoms with Crippen LogP contribution < -0.4 is 5.32 Å². The van der Waals surface area contributed by atoms with Gasteiger partial charge in [0, 0.05) is 6.04 Å². The summed E-state index contributed by atoms with van der Waals surface area (Å²) in [5.41, 5.74) is 2.87. The van der Waals surface area contributed by atoms with Gasteiger partial charge in [0.25, 0.3) is 0 Å². The van der Waals surface area contributed by atoms with E-state index in [-0.39, 0.29) is 0 Å². The molecule has 1 N–H and O–H groups in total. The summed E-state index contributed by atoms with van der Waals surface area (Å²) in [6, 6.07) is 9.68. The number of rotatable bonds is 6. The van der Waals surface area contributed by atoms with E-state index < -0.39 is 0 Å². The van der Waals surface area contributed by atoms with E-state index in [1.807, 2.05) is 0 Å². The van der Waals surface area contributed by atoms with Crippen molar-refractivity contribution in [3.63, 3.8) is 0 Å². The van der Waals surface area contributed by atoms with Crippen molar-refractivity contribution < 1.29 is 0 Å². The second-order valence-electron chi connectivity index (χ2n) is 6.61. The summed E-state index contributed by atoms with van der Waals surface area (Å²) in [7, 11) is 2.15. The minimum Gasteiger partial charge on any atom is -0.317 e. The van der Waals surface area contributed by atoms with Crippen LogP contribution in [-0.4, -0.2) is 13.1 Å². The lowest BCUT2D eigenvalue weighted by molar-refractivity contribution is 0.216. The highest BCUT2D eigenvalue weighted by Crippen LogP contribution is 2.33. The molecule has 0 amide bonds. The van der Waals surface area contributed by atoms with Crippen molar-refractivity contribution in [3.8, 4) is 0 Å². The summed E-state index contributed by atoms with van der Waals surface area (Å²) < 4.78 is 0. The number of benzene rings is 1. The second kappa shape index (κ2) is 7.83. The third kappa shape index (κ3) is 4.34. The van der Waals surface area contributed by atoms with E-state index in [0.29, 0.717) is 6.04 Å². The second-order valence-corrected chi connectivity index (χ2v) is 6.61. The lowest BCUT2D eigenvalue weighted by Gasteiger charge is -2.33. The monoisotopic (exact) mass is 273 g/mol. The fourth-order valence-electron chi connectivity index (χ4n) is 3.80. The van der Waals surface area contributed by atoms with E-state index in [2.05, 4.69) is 50.5 Å². The Labute approximate surface area is 125 Å². The molecule has 1 aliphatic carbocycles. The lowest BCUT2D eigenvalue weighted by atomic mass is 9.76. The maximum Gasteiger partial charge on any atom is 0.00954 e. The first kappa shape index (κ1) is 15.6. The molecule has 1 saturated carbocycles. The first-order chi connectivity index (χ1) is 9.72. The third-order valence-corrected chi connectivity index (χ3v) is 5.24. The van der Waals surface area contributed by atoms with E-state index in [0.717, 1.165) is 11.8 Å². The van der Waals surface area contributed by atoms with Crippen LogP contribution >= 0.6 is 0 Å². The Morgan fingerprint density at radius 1 is 1.20 bits per heavy atom. The van der Waals surface area contributed by atoms with Crippen molar-refractivity contribution in [2.24, 2.45) is 11.8 Å². The van der Waals surface area contributed by atoms with Gasteiger partial charge in [-0.3, -0.25) is 0 Å². The minimum absolute atomic E-state index is 0.702. The van der Waals surface area contributed by atoms with E-state index in [9.17, 15) is 0 Å². The molecule has 1 aliphatic rings. The highest BCUT2D eigenvalue weighted by Gasteiger charge is 2.25. The molecule has 0 aromatic heterocycles. The normalized spacial score (nSPS) is 24.6. The molecular weight excluding hydrogens is 242 g/mol. The standard InChI is InChI=1S/C19H31N/c1-4-16-8-11-18(12-9-16)19(20-3)13-10-17-7-5-6-15(2)14-17/h5-7,14,16,18-20H,4,8-13H2,1-3H3. The van der Waals surface area contributed by atoms with Crippen molar-refractivity contribution in [2.45, 2.75) is 64.8 Å². The quantitative estimate of drug-likeness (QED) is 0.790. The van der Waals surface area contributed by atoms with Gasteiger partial charge in [-0.15, -0.1) is 0 Å². The molecule has 1 unspecified atom stereocenters. The fraction of sp³-hybridized carbons (Fsp3) is 0.684. The zero-order valence-corrected chi connectivity index (χ0v) is 13.5. The summed E-state index contributed by atoms with van der Waals surface area (Å²) in [5, 5.41) is 3.59. The molecule has 0 bridgehead atoms. The lowest BCUT2D eigenvalue weighted by Crippen LogP contribution is -2.36. The SMILES string of the molecule is CCC1CCC(C(CCc2cccc(C)c2)NC)CC1. The third-order valence-electron chi connectivity index (χ3n) is 5.24.